The Bertz CT molecular complexity index is 967. The van der Waals surface area contributed by atoms with Gasteiger partial charge in [-0.1, -0.05) is 56.2 Å². The average Bonchev–Trinajstić information content (AvgIpc) is 3.23. The lowest BCUT2D eigenvalue weighted by Crippen LogP contribution is -2.49. The third kappa shape index (κ3) is 3.99. The van der Waals surface area contributed by atoms with Crippen LogP contribution in [-0.2, 0) is 5.41 Å². The predicted octanol–water partition coefficient (Wildman–Crippen LogP) is 2.92. The number of anilines is 1. The van der Waals surface area contributed by atoms with Crippen LogP contribution in [0.2, 0.25) is 0 Å². The van der Waals surface area contributed by atoms with Crippen molar-refractivity contribution in [2.75, 3.05) is 31.1 Å². The van der Waals surface area contributed by atoms with Gasteiger partial charge in [0.1, 0.15) is 0 Å². The fourth-order valence-electron chi connectivity index (χ4n) is 3.52. The predicted molar refractivity (Wildman–Crippen MR) is 112 cm³/mol. The Morgan fingerprint density at radius 3 is 2.17 bits per heavy atom. The maximum Gasteiger partial charge on any atom is 0.253 e. The molecule has 0 saturated carbocycles. The number of nitrogens with zero attached hydrogens (tertiary/aromatic N) is 6. The lowest BCUT2D eigenvalue weighted by molar-refractivity contribution is 0.0746. The summed E-state index contributed by atoms with van der Waals surface area (Å²) in [6.07, 6.45) is 0. The molecule has 1 aromatic heterocycles. The van der Waals surface area contributed by atoms with Crippen molar-refractivity contribution >= 4 is 11.9 Å². The van der Waals surface area contributed by atoms with Gasteiger partial charge >= 0.3 is 0 Å². The molecule has 0 unspecified atom stereocenters. The summed E-state index contributed by atoms with van der Waals surface area (Å²) in [7, 11) is 0. The highest BCUT2D eigenvalue weighted by Gasteiger charge is 2.26. The zero-order valence-corrected chi connectivity index (χ0v) is 17.1. The van der Waals surface area contributed by atoms with Crippen molar-refractivity contribution in [2.45, 2.75) is 26.2 Å². The first-order valence-electron chi connectivity index (χ1n) is 9.92. The summed E-state index contributed by atoms with van der Waals surface area (Å²) in [6.45, 7) is 9.19. The van der Waals surface area contributed by atoms with Gasteiger partial charge in [0.05, 0.1) is 5.69 Å². The van der Waals surface area contributed by atoms with Gasteiger partial charge in [-0.3, -0.25) is 4.79 Å². The van der Waals surface area contributed by atoms with E-state index in [-0.39, 0.29) is 11.3 Å². The SMILES string of the molecule is CC(C)(C)c1ccc(C(=O)N2CCN(c3nnnn3-c3ccccc3)CC2)cc1. The molecule has 1 fully saturated rings. The Kier molecular flexibility index (Phi) is 5.05. The van der Waals surface area contributed by atoms with Gasteiger partial charge in [0, 0.05) is 31.7 Å². The standard InChI is InChI=1S/C22H26N6O/c1-22(2,3)18-11-9-17(10-12-18)20(29)26-13-15-27(16-14-26)21-23-24-25-28(21)19-7-5-4-6-8-19/h4-12H,13-16H2,1-3H3. The van der Waals surface area contributed by atoms with Crippen molar-refractivity contribution in [3.63, 3.8) is 0 Å². The number of para-hydroxylation sites is 1. The van der Waals surface area contributed by atoms with E-state index in [1.807, 2.05) is 47.4 Å². The third-order valence-corrected chi connectivity index (χ3v) is 5.30. The van der Waals surface area contributed by atoms with Crippen LogP contribution in [0.25, 0.3) is 5.69 Å². The number of piperazine rings is 1. The summed E-state index contributed by atoms with van der Waals surface area (Å²) in [4.78, 5) is 16.9. The minimum Gasteiger partial charge on any atom is -0.336 e. The molecule has 1 aliphatic heterocycles. The molecule has 29 heavy (non-hydrogen) atoms. The van der Waals surface area contributed by atoms with Gasteiger partial charge in [-0.05, 0) is 45.7 Å². The van der Waals surface area contributed by atoms with Crippen LogP contribution in [0.5, 0.6) is 0 Å². The van der Waals surface area contributed by atoms with Crippen molar-refractivity contribution in [1.29, 1.82) is 0 Å². The minimum absolute atomic E-state index is 0.0766. The summed E-state index contributed by atoms with van der Waals surface area (Å²) in [5.74, 6) is 0.783. The average molecular weight is 390 g/mol. The largest absolute Gasteiger partial charge is 0.336 e. The minimum atomic E-state index is 0.0766. The Morgan fingerprint density at radius 2 is 1.55 bits per heavy atom. The Hall–Kier alpha value is -3.22. The second-order valence-corrected chi connectivity index (χ2v) is 8.33. The molecule has 0 spiro atoms. The van der Waals surface area contributed by atoms with Crippen LogP contribution in [0.4, 0.5) is 5.95 Å². The Labute approximate surface area is 170 Å². The summed E-state index contributed by atoms with van der Waals surface area (Å²) in [6, 6.07) is 17.8. The summed E-state index contributed by atoms with van der Waals surface area (Å²) in [5.41, 5.74) is 2.97. The molecule has 1 amide bonds. The topological polar surface area (TPSA) is 67.2 Å². The zero-order chi connectivity index (χ0) is 20.4. The second-order valence-electron chi connectivity index (χ2n) is 8.33. The molecule has 0 atom stereocenters. The maximum atomic E-state index is 12.9. The summed E-state index contributed by atoms with van der Waals surface area (Å²) >= 11 is 0. The summed E-state index contributed by atoms with van der Waals surface area (Å²) < 4.78 is 1.74. The molecule has 1 aliphatic rings. The molecule has 1 saturated heterocycles. The lowest BCUT2D eigenvalue weighted by Gasteiger charge is -2.35. The fraction of sp³-hybridized carbons (Fsp3) is 0.364. The molecular formula is C22H26N6O. The lowest BCUT2D eigenvalue weighted by atomic mass is 9.86. The number of hydrogen-bond acceptors (Lipinski definition) is 5. The first-order valence-corrected chi connectivity index (χ1v) is 9.92. The highest BCUT2D eigenvalue weighted by Crippen LogP contribution is 2.23. The number of carbonyl (C=O) groups is 1. The van der Waals surface area contributed by atoms with E-state index >= 15 is 0 Å². The molecular weight excluding hydrogens is 364 g/mol. The van der Waals surface area contributed by atoms with E-state index in [1.165, 1.54) is 5.56 Å². The van der Waals surface area contributed by atoms with E-state index < -0.39 is 0 Å². The van der Waals surface area contributed by atoms with Crippen molar-refractivity contribution in [3.8, 4) is 5.69 Å². The summed E-state index contributed by atoms with van der Waals surface area (Å²) in [5, 5.41) is 12.2. The monoisotopic (exact) mass is 390 g/mol. The third-order valence-electron chi connectivity index (χ3n) is 5.30. The molecule has 3 aromatic rings. The van der Waals surface area contributed by atoms with Gasteiger partial charge < -0.3 is 9.80 Å². The number of amides is 1. The van der Waals surface area contributed by atoms with E-state index in [0.717, 1.165) is 11.3 Å². The van der Waals surface area contributed by atoms with Crippen molar-refractivity contribution in [1.82, 2.24) is 25.1 Å². The van der Waals surface area contributed by atoms with E-state index in [4.69, 9.17) is 0 Å². The van der Waals surface area contributed by atoms with E-state index in [0.29, 0.717) is 32.1 Å². The van der Waals surface area contributed by atoms with Gasteiger partial charge in [-0.25, -0.2) is 0 Å². The zero-order valence-electron chi connectivity index (χ0n) is 17.1. The van der Waals surface area contributed by atoms with Crippen molar-refractivity contribution in [2.24, 2.45) is 0 Å². The molecule has 4 rings (SSSR count). The maximum absolute atomic E-state index is 12.9. The first kappa shape index (κ1) is 19.1. The Morgan fingerprint density at radius 1 is 0.897 bits per heavy atom. The quantitative estimate of drug-likeness (QED) is 0.688. The van der Waals surface area contributed by atoms with Gasteiger partial charge in [-0.2, -0.15) is 4.68 Å². The van der Waals surface area contributed by atoms with Gasteiger partial charge in [0.2, 0.25) is 5.95 Å². The van der Waals surface area contributed by atoms with E-state index in [9.17, 15) is 4.79 Å². The molecule has 150 valence electrons. The smallest absolute Gasteiger partial charge is 0.253 e. The molecule has 0 N–H and O–H groups in total. The van der Waals surface area contributed by atoms with Crippen molar-refractivity contribution < 1.29 is 4.79 Å². The number of carbonyl (C=O) groups excluding carboxylic acids is 1. The van der Waals surface area contributed by atoms with Crippen LogP contribution < -0.4 is 4.90 Å². The number of hydrogen-bond donors (Lipinski definition) is 0. The van der Waals surface area contributed by atoms with E-state index in [1.54, 1.807) is 4.68 Å². The highest BCUT2D eigenvalue weighted by atomic mass is 16.2. The number of tetrazole rings is 1. The van der Waals surface area contributed by atoms with Crippen molar-refractivity contribution in [3.05, 3.63) is 65.7 Å². The number of rotatable bonds is 3. The number of benzene rings is 2. The molecule has 0 bridgehead atoms. The van der Waals surface area contributed by atoms with Crippen LogP contribution >= 0.6 is 0 Å². The fourth-order valence-corrected chi connectivity index (χ4v) is 3.52. The van der Waals surface area contributed by atoms with Crippen LogP contribution in [0, 0.1) is 0 Å². The number of aromatic nitrogens is 4. The normalized spacial score (nSPS) is 14.9. The van der Waals surface area contributed by atoms with Gasteiger partial charge in [-0.15, -0.1) is 0 Å². The molecule has 0 radical (unpaired) electrons. The molecule has 0 aliphatic carbocycles. The molecule has 2 aromatic carbocycles. The Balaban J connectivity index is 1.43. The van der Waals surface area contributed by atoms with Crippen LogP contribution in [0.15, 0.2) is 54.6 Å². The van der Waals surface area contributed by atoms with Crippen LogP contribution in [-0.4, -0.2) is 57.2 Å². The van der Waals surface area contributed by atoms with E-state index in [2.05, 4.69) is 53.3 Å². The molecule has 7 heteroatoms. The first-order chi connectivity index (χ1) is 13.9. The molecule has 2 heterocycles. The van der Waals surface area contributed by atoms with Crippen LogP contribution in [0.3, 0.4) is 0 Å². The van der Waals surface area contributed by atoms with Crippen LogP contribution in [0.1, 0.15) is 36.7 Å². The van der Waals surface area contributed by atoms with Gasteiger partial charge in [0.25, 0.3) is 5.91 Å². The second kappa shape index (κ2) is 7.66. The highest BCUT2D eigenvalue weighted by molar-refractivity contribution is 5.94. The van der Waals surface area contributed by atoms with Gasteiger partial charge in [0.15, 0.2) is 0 Å². The molecule has 7 nitrogen and oxygen atoms in total.